The molecule has 0 aliphatic rings. The summed E-state index contributed by atoms with van der Waals surface area (Å²) >= 11 is 0. The Balaban J connectivity index is 1.58. The van der Waals surface area contributed by atoms with Crippen molar-refractivity contribution in [3.8, 4) is 0 Å². The zero-order valence-corrected chi connectivity index (χ0v) is 15.9. The summed E-state index contributed by atoms with van der Waals surface area (Å²) < 4.78 is 0. The molecule has 0 aliphatic heterocycles. The average Bonchev–Trinajstić information content (AvgIpc) is 3.36. The van der Waals surface area contributed by atoms with Crippen LogP contribution in [-0.4, -0.2) is 36.7 Å². The van der Waals surface area contributed by atoms with Crippen LogP contribution >= 0.6 is 0 Å². The molecular formula is C20H19N7O2. The van der Waals surface area contributed by atoms with Gasteiger partial charge in [-0.2, -0.15) is 0 Å². The number of hydrogen-bond acceptors (Lipinski definition) is 5. The van der Waals surface area contributed by atoms with E-state index in [1.54, 1.807) is 42.7 Å². The molecule has 0 saturated heterocycles. The first kappa shape index (κ1) is 18.4. The number of fused-ring (bicyclic) bond motifs is 1. The molecule has 146 valence electrons. The zero-order valence-electron chi connectivity index (χ0n) is 15.9. The molecule has 2 amide bonds. The Morgan fingerprint density at radius 3 is 2.52 bits per heavy atom. The number of para-hydroxylation sites is 1. The van der Waals surface area contributed by atoms with Gasteiger partial charge in [0.15, 0.2) is 0 Å². The number of rotatable bonds is 5. The molecule has 1 aromatic carbocycles. The number of anilines is 2. The number of H-pyrrole nitrogens is 2. The van der Waals surface area contributed by atoms with Gasteiger partial charge in [-0.25, -0.2) is 15.0 Å². The number of aromatic amines is 2. The van der Waals surface area contributed by atoms with Gasteiger partial charge in [0.1, 0.15) is 11.2 Å². The van der Waals surface area contributed by atoms with Gasteiger partial charge >= 0.3 is 0 Å². The molecule has 0 atom stereocenters. The van der Waals surface area contributed by atoms with Gasteiger partial charge in [0, 0.05) is 18.1 Å². The summed E-state index contributed by atoms with van der Waals surface area (Å²) in [6, 6.07) is 10.5. The number of hydrogen-bond donors (Lipinski definition) is 4. The third-order valence-electron chi connectivity index (χ3n) is 4.31. The van der Waals surface area contributed by atoms with Crippen molar-refractivity contribution in [2.75, 3.05) is 10.6 Å². The minimum Gasteiger partial charge on any atom is -0.331 e. The van der Waals surface area contributed by atoms with E-state index < -0.39 is 0 Å². The largest absolute Gasteiger partial charge is 0.331 e. The molecule has 9 nitrogen and oxygen atoms in total. The zero-order chi connectivity index (χ0) is 20.4. The van der Waals surface area contributed by atoms with E-state index in [9.17, 15) is 9.59 Å². The van der Waals surface area contributed by atoms with Crippen LogP contribution in [0, 0.1) is 0 Å². The molecule has 0 fully saturated rings. The maximum atomic E-state index is 12.6. The number of aromatic nitrogens is 5. The number of nitrogens with zero attached hydrogens (tertiary/aromatic N) is 3. The maximum Gasteiger partial charge on any atom is 0.276 e. The van der Waals surface area contributed by atoms with E-state index in [1.165, 1.54) is 0 Å². The lowest BCUT2D eigenvalue weighted by molar-refractivity contribution is 0.101. The average molecular weight is 389 g/mol. The van der Waals surface area contributed by atoms with Gasteiger partial charge < -0.3 is 9.97 Å². The molecule has 0 unspecified atom stereocenters. The summed E-state index contributed by atoms with van der Waals surface area (Å²) in [5.74, 6) is 0.0470. The van der Waals surface area contributed by atoms with Gasteiger partial charge in [-0.1, -0.05) is 26.0 Å². The third-order valence-corrected chi connectivity index (χ3v) is 4.31. The summed E-state index contributed by atoms with van der Waals surface area (Å²) in [5, 5.41) is 5.37. The van der Waals surface area contributed by atoms with Crippen molar-refractivity contribution in [1.29, 1.82) is 0 Å². The van der Waals surface area contributed by atoms with Crippen LogP contribution < -0.4 is 10.6 Å². The quantitative estimate of drug-likeness (QED) is 0.416. The van der Waals surface area contributed by atoms with Gasteiger partial charge in [-0.15, -0.1) is 0 Å². The Morgan fingerprint density at radius 1 is 0.966 bits per heavy atom. The fraction of sp³-hybridized carbons (Fsp3) is 0.150. The van der Waals surface area contributed by atoms with E-state index in [0.29, 0.717) is 28.2 Å². The van der Waals surface area contributed by atoms with Crippen LogP contribution in [0.25, 0.3) is 11.0 Å². The summed E-state index contributed by atoms with van der Waals surface area (Å²) in [7, 11) is 0. The number of carbonyl (C=O) groups excluding carboxylic acids is 2. The van der Waals surface area contributed by atoms with Crippen molar-refractivity contribution in [2.45, 2.75) is 19.8 Å². The molecule has 4 aromatic rings. The number of nitrogens with one attached hydrogen (secondary N) is 4. The normalized spacial score (nSPS) is 11.0. The van der Waals surface area contributed by atoms with Crippen molar-refractivity contribution >= 4 is 34.7 Å². The Labute approximate surface area is 166 Å². The first-order valence-electron chi connectivity index (χ1n) is 9.09. The summed E-state index contributed by atoms with van der Waals surface area (Å²) in [5.41, 5.74) is 2.55. The molecular weight excluding hydrogens is 370 g/mol. The predicted octanol–water partition coefficient (Wildman–Crippen LogP) is 3.31. The van der Waals surface area contributed by atoms with E-state index in [0.717, 1.165) is 5.69 Å². The minimum atomic E-state index is -0.381. The van der Waals surface area contributed by atoms with Gasteiger partial charge in [0.05, 0.1) is 11.1 Å². The van der Waals surface area contributed by atoms with Gasteiger partial charge in [0.25, 0.3) is 11.8 Å². The van der Waals surface area contributed by atoms with Crippen LogP contribution in [0.4, 0.5) is 11.9 Å². The highest BCUT2D eigenvalue weighted by Gasteiger charge is 2.17. The smallest absolute Gasteiger partial charge is 0.276 e. The molecule has 3 heterocycles. The minimum absolute atomic E-state index is 0.212. The number of benzene rings is 1. The molecule has 0 aliphatic carbocycles. The second-order valence-electron chi connectivity index (χ2n) is 6.74. The van der Waals surface area contributed by atoms with Crippen molar-refractivity contribution in [2.24, 2.45) is 0 Å². The lowest BCUT2D eigenvalue weighted by Gasteiger charge is -2.06. The molecule has 9 heteroatoms. The maximum absolute atomic E-state index is 12.6. The standard InChI is InChI=1S/C20H19N7O2/c1-11(2)13-6-4-8-15(23-13)18(29)27-20-24-14-7-3-5-12(16(14)25-20)17(28)26-19-21-9-10-22-19/h3-11H,1-2H3,(H2,21,22,26,28)(H2,24,25,27,29). The highest BCUT2D eigenvalue weighted by atomic mass is 16.2. The van der Waals surface area contributed by atoms with Crippen molar-refractivity contribution in [1.82, 2.24) is 24.9 Å². The van der Waals surface area contributed by atoms with Gasteiger partial charge in [-0.05, 0) is 30.2 Å². The molecule has 0 bridgehead atoms. The lowest BCUT2D eigenvalue weighted by atomic mass is 10.1. The number of imidazole rings is 2. The molecule has 0 spiro atoms. The highest BCUT2D eigenvalue weighted by molar-refractivity contribution is 6.11. The first-order valence-corrected chi connectivity index (χ1v) is 9.09. The van der Waals surface area contributed by atoms with E-state index in [1.807, 2.05) is 19.9 Å². The fourth-order valence-corrected chi connectivity index (χ4v) is 2.85. The molecule has 0 saturated carbocycles. The molecule has 4 N–H and O–H groups in total. The van der Waals surface area contributed by atoms with Crippen LogP contribution in [0.3, 0.4) is 0 Å². The Morgan fingerprint density at radius 2 is 1.76 bits per heavy atom. The molecule has 29 heavy (non-hydrogen) atoms. The first-order chi connectivity index (χ1) is 14.0. The lowest BCUT2D eigenvalue weighted by Crippen LogP contribution is -2.15. The van der Waals surface area contributed by atoms with Crippen molar-refractivity contribution in [3.63, 3.8) is 0 Å². The van der Waals surface area contributed by atoms with Crippen LogP contribution in [-0.2, 0) is 0 Å². The predicted molar refractivity (Wildman–Crippen MR) is 109 cm³/mol. The monoisotopic (exact) mass is 389 g/mol. The van der Waals surface area contributed by atoms with Crippen LogP contribution in [0.5, 0.6) is 0 Å². The van der Waals surface area contributed by atoms with Crippen LogP contribution in [0.15, 0.2) is 48.8 Å². The SMILES string of the molecule is CC(C)c1cccc(C(=O)Nc2nc3c(C(=O)Nc4ncc[nH]4)cccc3[nH]2)n1. The number of amides is 2. The summed E-state index contributed by atoms with van der Waals surface area (Å²) in [4.78, 5) is 43.7. The second-order valence-corrected chi connectivity index (χ2v) is 6.74. The summed E-state index contributed by atoms with van der Waals surface area (Å²) in [6.07, 6.45) is 3.15. The fourth-order valence-electron chi connectivity index (χ4n) is 2.85. The summed E-state index contributed by atoms with van der Waals surface area (Å²) in [6.45, 7) is 4.02. The topological polar surface area (TPSA) is 128 Å². The highest BCUT2D eigenvalue weighted by Crippen LogP contribution is 2.20. The van der Waals surface area contributed by atoms with Crippen LogP contribution in [0.2, 0.25) is 0 Å². The number of pyridine rings is 1. The van der Waals surface area contributed by atoms with Gasteiger partial charge in [-0.3, -0.25) is 20.2 Å². The molecule has 0 radical (unpaired) electrons. The Bertz CT molecular complexity index is 1180. The molecule has 4 rings (SSSR count). The van der Waals surface area contributed by atoms with Gasteiger partial charge in [0.2, 0.25) is 11.9 Å². The van der Waals surface area contributed by atoms with Crippen molar-refractivity contribution < 1.29 is 9.59 Å². The Kier molecular flexibility index (Phi) is 4.78. The van der Waals surface area contributed by atoms with E-state index in [2.05, 4.69) is 35.6 Å². The van der Waals surface area contributed by atoms with E-state index >= 15 is 0 Å². The van der Waals surface area contributed by atoms with Crippen LogP contribution in [0.1, 0.15) is 46.3 Å². The molecule has 3 aromatic heterocycles. The number of carbonyl (C=O) groups is 2. The van der Waals surface area contributed by atoms with Crippen molar-refractivity contribution in [3.05, 3.63) is 65.7 Å². The Hall–Kier alpha value is -4.01. The second kappa shape index (κ2) is 7.55. The van der Waals surface area contributed by atoms with E-state index in [4.69, 9.17) is 0 Å². The third kappa shape index (κ3) is 3.84. The van der Waals surface area contributed by atoms with E-state index in [-0.39, 0.29) is 23.7 Å².